The number of fused-ring (bicyclic) bond motifs is 1. The first-order chi connectivity index (χ1) is 8.27. The number of hydrogen-bond acceptors (Lipinski definition) is 3. The van der Waals surface area contributed by atoms with Crippen LogP contribution in [0.3, 0.4) is 0 Å². The third-order valence-electron chi connectivity index (χ3n) is 3.40. The van der Waals surface area contributed by atoms with Crippen molar-refractivity contribution in [1.82, 2.24) is 15.0 Å². The molecule has 0 spiro atoms. The van der Waals surface area contributed by atoms with Gasteiger partial charge in [0.1, 0.15) is 0 Å². The molecule has 0 saturated heterocycles. The van der Waals surface area contributed by atoms with Gasteiger partial charge in [-0.05, 0) is 37.8 Å². The molecule has 1 heterocycles. The molecule has 1 aromatic heterocycles. The molecule has 1 aliphatic carbocycles. The van der Waals surface area contributed by atoms with Gasteiger partial charge < -0.3 is 5.73 Å². The Kier molecular flexibility index (Phi) is 2.44. The van der Waals surface area contributed by atoms with Crippen LogP contribution in [0.1, 0.15) is 35.8 Å². The van der Waals surface area contributed by atoms with Gasteiger partial charge in [-0.15, -0.1) is 5.10 Å². The van der Waals surface area contributed by atoms with E-state index in [0.29, 0.717) is 0 Å². The predicted molar refractivity (Wildman–Crippen MR) is 66.0 cm³/mol. The molecule has 4 nitrogen and oxygen atoms in total. The molecule has 1 aromatic carbocycles. The van der Waals surface area contributed by atoms with Crippen LogP contribution in [0.25, 0.3) is 5.69 Å². The fourth-order valence-corrected chi connectivity index (χ4v) is 2.47. The highest BCUT2D eigenvalue weighted by molar-refractivity contribution is 5.41. The van der Waals surface area contributed by atoms with Crippen molar-refractivity contribution in [3.63, 3.8) is 0 Å². The highest BCUT2D eigenvalue weighted by Crippen LogP contribution is 2.28. The van der Waals surface area contributed by atoms with Crippen LogP contribution in [-0.2, 0) is 6.42 Å². The second kappa shape index (κ2) is 3.96. The molecule has 2 N–H and O–H groups in total. The number of nitrogens with two attached hydrogens (primary N) is 1. The number of rotatable bonds is 1. The predicted octanol–water partition coefficient (Wildman–Crippen LogP) is 1.91. The number of aryl methyl sites for hydroxylation is 2. The molecule has 3 rings (SSSR count). The Morgan fingerprint density at radius 1 is 1.35 bits per heavy atom. The van der Waals surface area contributed by atoms with E-state index in [1.54, 1.807) is 0 Å². The highest BCUT2D eigenvalue weighted by atomic mass is 15.4. The van der Waals surface area contributed by atoms with Gasteiger partial charge >= 0.3 is 0 Å². The minimum absolute atomic E-state index is 0.0633. The summed E-state index contributed by atoms with van der Waals surface area (Å²) < 4.78 is 1.91. The fourth-order valence-electron chi connectivity index (χ4n) is 2.47. The van der Waals surface area contributed by atoms with Gasteiger partial charge in [-0.25, -0.2) is 4.68 Å². The zero-order valence-corrected chi connectivity index (χ0v) is 9.93. The van der Waals surface area contributed by atoms with Gasteiger partial charge in [-0.1, -0.05) is 23.4 Å². The minimum Gasteiger partial charge on any atom is -0.323 e. The summed E-state index contributed by atoms with van der Waals surface area (Å²) in [6, 6.07) is 8.25. The van der Waals surface area contributed by atoms with Crippen molar-refractivity contribution in [3.05, 3.63) is 41.2 Å². The van der Waals surface area contributed by atoms with Crippen LogP contribution in [0.4, 0.5) is 0 Å². The molecule has 17 heavy (non-hydrogen) atoms. The van der Waals surface area contributed by atoms with E-state index in [1.165, 1.54) is 5.56 Å². The number of para-hydroxylation sites is 1. The third-order valence-corrected chi connectivity index (χ3v) is 3.40. The Bertz CT molecular complexity index is 544. The van der Waals surface area contributed by atoms with Gasteiger partial charge in [0.05, 0.1) is 17.1 Å². The number of nitrogens with zero attached hydrogens (tertiary/aromatic N) is 3. The van der Waals surface area contributed by atoms with Gasteiger partial charge in [0.2, 0.25) is 0 Å². The van der Waals surface area contributed by atoms with Crippen molar-refractivity contribution in [3.8, 4) is 5.69 Å². The number of hydrogen-bond donors (Lipinski definition) is 1. The van der Waals surface area contributed by atoms with Crippen LogP contribution in [0.2, 0.25) is 0 Å². The summed E-state index contributed by atoms with van der Waals surface area (Å²) in [6.45, 7) is 2.08. The van der Waals surface area contributed by atoms with Gasteiger partial charge in [-0.2, -0.15) is 0 Å². The van der Waals surface area contributed by atoms with Gasteiger partial charge in [0.25, 0.3) is 0 Å². The molecule has 0 bridgehead atoms. The second-order valence-electron chi connectivity index (χ2n) is 4.62. The van der Waals surface area contributed by atoms with Crippen molar-refractivity contribution in [2.45, 2.75) is 32.2 Å². The molecule has 4 heteroatoms. The lowest BCUT2D eigenvalue weighted by Crippen LogP contribution is -2.20. The van der Waals surface area contributed by atoms with Crippen LogP contribution in [0, 0.1) is 6.92 Å². The molecule has 1 atom stereocenters. The number of aromatic nitrogens is 3. The lowest BCUT2D eigenvalue weighted by molar-refractivity contribution is 0.541. The Morgan fingerprint density at radius 2 is 2.18 bits per heavy atom. The van der Waals surface area contributed by atoms with Crippen LogP contribution in [0.15, 0.2) is 24.3 Å². The van der Waals surface area contributed by atoms with Crippen molar-refractivity contribution in [1.29, 1.82) is 0 Å². The van der Waals surface area contributed by atoms with Gasteiger partial charge in [0, 0.05) is 6.04 Å². The molecule has 0 aliphatic heterocycles. The summed E-state index contributed by atoms with van der Waals surface area (Å²) in [6.07, 6.45) is 3.13. The lowest BCUT2D eigenvalue weighted by atomic mass is 9.96. The Balaban J connectivity index is 2.17. The maximum absolute atomic E-state index is 6.18. The molecule has 0 saturated carbocycles. The maximum Gasteiger partial charge on any atom is 0.0880 e. The van der Waals surface area contributed by atoms with E-state index in [4.69, 9.17) is 5.73 Å². The summed E-state index contributed by atoms with van der Waals surface area (Å²) in [7, 11) is 0. The van der Waals surface area contributed by atoms with E-state index in [1.807, 2.05) is 16.8 Å². The van der Waals surface area contributed by atoms with Crippen LogP contribution in [-0.4, -0.2) is 15.0 Å². The topological polar surface area (TPSA) is 56.7 Å². The largest absolute Gasteiger partial charge is 0.323 e. The summed E-state index contributed by atoms with van der Waals surface area (Å²) in [5, 5.41) is 8.52. The summed E-state index contributed by atoms with van der Waals surface area (Å²) in [5.41, 5.74) is 10.6. The van der Waals surface area contributed by atoms with Crippen molar-refractivity contribution in [2.75, 3.05) is 0 Å². The highest BCUT2D eigenvalue weighted by Gasteiger charge is 2.24. The minimum atomic E-state index is 0.0633. The van der Waals surface area contributed by atoms with E-state index in [-0.39, 0.29) is 6.04 Å². The van der Waals surface area contributed by atoms with E-state index >= 15 is 0 Å². The normalized spacial score (nSPS) is 19.1. The van der Waals surface area contributed by atoms with E-state index in [0.717, 1.165) is 36.3 Å². The lowest BCUT2D eigenvalue weighted by Gasteiger charge is -2.19. The fraction of sp³-hybridized carbons (Fsp3) is 0.385. The van der Waals surface area contributed by atoms with E-state index in [2.05, 4.69) is 29.4 Å². The Morgan fingerprint density at radius 3 is 3.00 bits per heavy atom. The Labute approximate surface area is 100 Å². The average molecular weight is 228 g/mol. The molecule has 2 aromatic rings. The van der Waals surface area contributed by atoms with Crippen LogP contribution < -0.4 is 5.73 Å². The molecule has 0 radical (unpaired) electrons. The smallest absolute Gasteiger partial charge is 0.0880 e. The molecule has 88 valence electrons. The zero-order chi connectivity index (χ0) is 11.8. The molecule has 1 unspecified atom stereocenters. The van der Waals surface area contributed by atoms with Crippen molar-refractivity contribution < 1.29 is 0 Å². The molecular formula is C13H16N4. The first-order valence-electron chi connectivity index (χ1n) is 6.03. The summed E-state index contributed by atoms with van der Waals surface area (Å²) >= 11 is 0. The zero-order valence-electron chi connectivity index (χ0n) is 9.93. The molecule has 0 amide bonds. The average Bonchev–Trinajstić information content (AvgIpc) is 2.75. The first kappa shape index (κ1) is 10.5. The summed E-state index contributed by atoms with van der Waals surface area (Å²) in [5.74, 6) is 0. The quantitative estimate of drug-likeness (QED) is 0.811. The standard InChI is InChI=1S/C13H16N4/c1-9-5-2-3-8-12(9)17-13-10(14)6-4-7-11(13)15-16-17/h2-3,5,8,10H,4,6-7,14H2,1H3. The maximum atomic E-state index is 6.18. The van der Waals surface area contributed by atoms with Crippen LogP contribution in [0.5, 0.6) is 0 Å². The van der Waals surface area contributed by atoms with E-state index < -0.39 is 0 Å². The Hall–Kier alpha value is -1.68. The van der Waals surface area contributed by atoms with Crippen LogP contribution >= 0.6 is 0 Å². The second-order valence-corrected chi connectivity index (χ2v) is 4.62. The third kappa shape index (κ3) is 1.65. The molecule has 0 fully saturated rings. The van der Waals surface area contributed by atoms with Crippen molar-refractivity contribution in [2.24, 2.45) is 5.73 Å². The monoisotopic (exact) mass is 228 g/mol. The van der Waals surface area contributed by atoms with E-state index in [9.17, 15) is 0 Å². The van der Waals surface area contributed by atoms with Crippen molar-refractivity contribution >= 4 is 0 Å². The van der Waals surface area contributed by atoms with Gasteiger partial charge in [-0.3, -0.25) is 0 Å². The number of benzene rings is 1. The molecule has 1 aliphatic rings. The SMILES string of the molecule is Cc1ccccc1-n1nnc2c1C(N)CCC2. The molecular weight excluding hydrogens is 212 g/mol. The van der Waals surface area contributed by atoms with Gasteiger partial charge in [0.15, 0.2) is 0 Å². The summed E-state index contributed by atoms with van der Waals surface area (Å²) in [4.78, 5) is 0. The first-order valence-corrected chi connectivity index (χ1v) is 6.03.